The minimum Gasteiger partial charge on any atom is -0.494 e. The number of carbonyl (C=O) groups is 1. The number of amides is 2. The fraction of sp³-hybridized carbons (Fsp3) is 0.316. The fourth-order valence-corrected chi connectivity index (χ4v) is 2.25. The number of rotatable bonds is 6. The Morgan fingerprint density at radius 1 is 0.917 bits per heavy atom. The molecule has 24 heavy (non-hydrogen) atoms. The summed E-state index contributed by atoms with van der Waals surface area (Å²) in [6, 6.07) is 10.8. The molecule has 0 unspecified atom stereocenters. The smallest absolute Gasteiger partial charge is 0.323 e. The molecule has 2 aromatic rings. The number of urea groups is 1. The van der Waals surface area contributed by atoms with Crippen LogP contribution >= 0.6 is 0 Å². The Morgan fingerprint density at radius 2 is 1.67 bits per heavy atom. The second-order valence-electron chi connectivity index (χ2n) is 5.40. The van der Waals surface area contributed by atoms with Crippen LogP contribution in [-0.2, 0) is 0 Å². The molecule has 0 atom stereocenters. The largest absolute Gasteiger partial charge is 0.494 e. The van der Waals surface area contributed by atoms with Crippen LogP contribution in [0.15, 0.2) is 36.4 Å². The van der Waals surface area contributed by atoms with Gasteiger partial charge in [0.05, 0.1) is 18.9 Å². The minimum absolute atomic E-state index is 0.326. The average Bonchev–Trinajstić information content (AvgIpc) is 2.54. The summed E-state index contributed by atoms with van der Waals surface area (Å²) in [6.45, 7) is 8.93. The van der Waals surface area contributed by atoms with Crippen molar-refractivity contribution < 1.29 is 14.3 Å². The molecule has 0 saturated carbocycles. The first-order valence-electron chi connectivity index (χ1n) is 8.08. The van der Waals surface area contributed by atoms with Crippen LogP contribution in [-0.4, -0.2) is 19.2 Å². The van der Waals surface area contributed by atoms with E-state index < -0.39 is 0 Å². The van der Waals surface area contributed by atoms with Gasteiger partial charge >= 0.3 is 6.03 Å². The van der Waals surface area contributed by atoms with E-state index in [9.17, 15) is 4.79 Å². The molecule has 2 rings (SSSR count). The Morgan fingerprint density at radius 3 is 2.33 bits per heavy atom. The molecule has 0 saturated heterocycles. The number of aryl methyl sites for hydroxylation is 2. The van der Waals surface area contributed by atoms with E-state index in [-0.39, 0.29) is 6.03 Å². The molecule has 0 heterocycles. The Kier molecular flexibility index (Phi) is 6.07. The zero-order valence-corrected chi connectivity index (χ0v) is 14.6. The number of hydrogen-bond acceptors (Lipinski definition) is 3. The lowest BCUT2D eigenvalue weighted by molar-refractivity contribution is 0.262. The molecule has 0 aliphatic carbocycles. The Labute approximate surface area is 143 Å². The predicted molar refractivity (Wildman–Crippen MR) is 97.3 cm³/mol. The molecule has 0 aliphatic rings. The van der Waals surface area contributed by atoms with Crippen LogP contribution in [0.1, 0.15) is 25.0 Å². The molecule has 128 valence electrons. The first kappa shape index (κ1) is 17.7. The highest BCUT2D eigenvalue weighted by Crippen LogP contribution is 2.29. The number of ether oxygens (including phenoxy) is 2. The van der Waals surface area contributed by atoms with E-state index in [4.69, 9.17) is 9.47 Å². The van der Waals surface area contributed by atoms with Gasteiger partial charge in [0.25, 0.3) is 0 Å². The lowest BCUT2D eigenvalue weighted by Gasteiger charge is -2.14. The van der Waals surface area contributed by atoms with Crippen molar-refractivity contribution in [3.05, 3.63) is 47.5 Å². The summed E-state index contributed by atoms with van der Waals surface area (Å²) in [4.78, 5) is 12.3. The van der Waals surface area contributed by atoms with E-state index in [1.54, 1.807) is 12.1 Å². The quantitative estimate of drug-likeness (QED) is 0.805. The lowest BCUT2D eigenvalue weighted by Crippen LogP contribution is -2.20. The first-order chi connectivity index (χ1) is 11.5. The standard InChI is InChI=1S/C19H24N2O3/c1-5-23-16-9-10-18(24-6-2)17(12-16)21-19(22)20-15-8-7-13(3)14(4)11-15/h7-12H,5-6H2,1-4H3,(H2,20,21,22). The van der Waals surface area contributed by atoms with Crippen molar-refractivity contribution in [1.82, 2.24) is 0 Å². The van der Waals surface area contributed by atoms with Crippen molar-refractivity contribution >= 4 is 17.4 Å². The summed E-state index contributed by atoms with van der Waals surface area (Å²) < 4.78 is 11.0. The van der Waals surface area contributed by atoms with Crippen LogP contribution in [0.4, 0.5) is 16.2 Å². The third-order valence-electron chi connectivity index (χ3n) is 3.57. The second-order valence-corrected chi connectivity index (χ2v) is 5.40. The molecule has 0 bridgehead atoms. The van der Waals surface area contributed by atoms with E-state index in [1.807, 2.05) is 52.0 Å². The topological polar surface area (TPSA) is 59.6 Å². The SMILES string of the molecule is CCOc1ccc(OCC)c(NC(=O)Nc2ccc(C)c(C)c2)c1. The van der Waals surface area contributed by atoms with Gasteiger partial charge in [-0.25, -0.2) is 4.79 Å². The molecule has 2 aromatic carbocycles. The number of nitrogens with one attached hydrogen (secondary N) is 2. The van der Waals surface area contributed by atoms with Gasteiger partial charge in [-0.1, -0.05) is 6.07 Å². The average molecular weight is 328 g/mol. The van der Waals surface area contributed by atoms with Gasteiger partial charge < -0.3 is 20.1 Å². The van der Waals surface area contributed by atoms with Gasteiger partial charge in [0.15, 0.2) is 0 Å². The number of hydrogen-bond donors (Lipinski definition) is 2. The predicted octanol–water partition coefficient (Wildman–Crippen LogP) is 4.74. The summed E-state index contributed by atoms with van der Waals surface area (Å²) in [5, 5.41) is 5.65. The fourth-order valence-electron chi connectivity index (χ4n) is 2.25. The van der Waals surface area contributed by atoms with Crippen LogP contribution < -0.4 is 20.1 Å². The normalized spacial score (nSPS) is 10.2. The maximum atomic E-state index is 12.3. The zero-order valence-electron chi connectivity index (χ0n) is 14.6. The van der Waals surface area contributed by atoms with E-state index in [2.05, 4.69) is 10.6 Å². The third-order valence-corrected chi connectivity index (χ3v) is 3.57. The molecule has 2 amide bonds. The number of benzene rings is 2. The highest BCUT2D eigenvalue weighted by atomic mass is 16.5. The van der Waals surface area contributed by atoms with Crippen molar-refractivity contribution in [2.24, 2.45) is 0 Å². The highest BCUT2D eigenvalue weighted by molar-refractivity contribution is 6.00. The maximum absolute atomic E-state index is 12.3. The molecular weight excluding hydrogens is 304 g/mol. The van der Waals surface area contributed by atoms with Gasteiger partial charge in [0.2, 0.25) is 0 Å². The van der Waals surface area contributed by atoms with Crippen molar-refractivity contribution in [3.63, 3.8) is 0 Å². The van der Waals surface area contributed by atoms with Gasteiger partial charge in [0, 0.05) is 11.8 Å². The van der Waals surface area contributed by atoms with Crippen LogP contribution in [0.25, 0.3) is 0 Å². The lowest BCUT2D eigenvalue weighted by atomic mass is 10.1. The monoisotopic (exact) mass is 328 g/mol. The van der Waals surface area contributed by atoms with Crippen molar-refractivity contribution in [2.75, 3.05) is 23.8 Å². The molecule has 0 aliphatic heterocycles. The van der Waals surface area contributed by atoms with Gasteiger partial charge in [-0.3, -0.25) is 0 Å². The molecule has 0 fully saturated rings. The van der Waals surface area contributed by atoms with E-state index in [1.165, 1.54) is 5.56 Å². The van der Waals surface area contributed by atoms with Gasteiger partial charge in [-0.2, -0.15) is 0 Å². The maximum Gasteiger partial charge on any atom is 0.323 e. The molecule has 5 nitrogen and oxygen atoms in total. The van der Waals surface area contributed by atoms with Gasteiger partial charge in [-0.05, 0) is 63.1 Å². The molecule has 0 aromatic heterocycles. The molecule has 0 spiro atoms. The van der Waals surface area contributed by atoms with Gasteiger partial charge in [-0.15, -0.1) is 0 Å². The highest BCUT2D eigenvalue weighted by Gasteiger charge is 2.10. The van der Waals surface area contributed by atoms with Crippen LogP contribution in [0.2, 0.25) is 0 Å². The van der Waals surface area contributed by atoms with E-state index in [0.717, 1.165) is 11.3 Å². The van der Waals surface area contributed by atoms with Crippen molar-refractivity contribution in [3.8, 4) is 11.5 Å². The third kappa shape index (κ3) is 4.65. The number of anilines is 2. The minimum atomic E-state index is -0.326. The van der Waals surface area contributed by atoms with Crippen molar-refractivity contribution in [2.45, 2.75) is 27.7 Å². The molecule has 2 N–H and O–H groups in total. The zero-order chi connectivity index (χ0) is 17.5. The Bertz CT molecular complexity index is 714. The summed E-state index contributed by atoms with van der Waals surface area (Å²) in [6.07, 6.45) is 0. The number of carbonyl (C=O) groups excluding carboxylic acids is 1. The summed E-state index contributed by atoms with van der Waals surface area (Å²) in [7, 11) is 0. The Balaban J connectivity index is 2.13. The van der Waals surface area contributed by atoms with Crippen LogP contribution in [0.5, 0.6) is 11.5 Å². The molecule has 5 heteroatoms. The summed E-state index contributed by atoms with van der Waals surface area (Å²) in [5.74, 6) is 1.29. The first-order valence-corrected chi connectivity index (χ1v) is 8.08. The molecular formula is C19H24N2O3. The summed E-state index contributed by atoms with van der Waals surface area (Å²) in [5.41, 5.74) is 3.63. The molecule has 0 radical (unpaired) electrons. The van der Waals surface area contributed by atoms with Crippen molar-refractivity contribution in [1.29, 1.82) is 0 Å². The Hall–Kier alpha value is -2.69. The van der Waals surface area contributed by atoms with Gasteiger partial charge in [0.1, 0.15) is 11.5 Å². The summed E-state index contributed by atoms with van der Waals surface area (Å²) >= 11 is 0. The van der Waals surface area contributed by atoms with Crippen LogP contribution in [0.3, 0.4) is 0 Å². The van der Waals surface area contributed by atoms with E-state index in [0.29, 0.717) is 30.4 Å². The second kappa shape index (κ2) is 8.24. The van der Waals surface area contributed by atoms with E-state index >= 15 is 0 Å². The van der Waals surface area contributed by atoms with Crippen LogP contribution in [0, 0.1) is 13.8 Å².